The molecule has 0 fully saturated rings. The van der Waals surface area contributed by atoms with Gasteiger partial charge < -0.3 is 9.13 Å². The second kappa shape index (κ2) is 12.8. The molecule has 11 rings (SSSR count). The fraction of sp³-hybridized carbons (Fsp3) is 0.111. The standard InChI is InChI=1S/C54H41N5/c1-31-12-18-45-38(24-31)39-25-32(2)13-19-46(39)57(45)52-44(30-55)51(37-10-8-7-9-11-37)56-54(59-49-22-16-35(5)28-42(49)43-29-36(6)17-23-50(43)59)53(52)58-47-20-14-33(3)26-40(47)41-27-34(4)15-21-48(41)58/h7-29H,1-6H3. The zero-order chi connectivity index (χ0) is 40.3. The van der Waals surface area contributed by atoms with Crippen LogP contribution in [-0.2, 0) is 0 Å². The molecule has 0 atom stereocenters. The molecule has 4 heterocycles. The minimum Gasteiger partial charge on any atom is -0.306 e. The van der Waals surface area contributed by atoms with Crippen LogP contribution in [0.1, 0.15) is 38.9 Å². The van der Waals surface area contributed by atoms with Crippen LogP contribution in [0.4, 0.5) is 0 Å². The smallest absolute Gasteiger partial charge is 0.165 e. The summed E-state index contributed by atoms with van der Waals surface area (Å²) in [4.78, 5) is 5.77. The van der Waals surface area contributed by atoms with Crippen molar-refractivity contribution in [1.82, 2.24) is 18.7 Å². The topological polar surface area (TPSA) is 51.5 Å². The van der Waals surface area contributed by atoms with E-state index in [1.165, 1.54) is 44.2 Å². The lowest BCUT2D eigenvalue weighted by molar-refractivity contribution is 0.995. The molecule has 5 nitrogen and oxygen atoms in total. The summed E-state index contributed by atoms with van der Waals surface area (Å²) in [5, 5.41) is 18.7. The van der Waals surface area contributed by atoms with E-state index in [1.807, 2.05) is 18.2 Å². The minimum absolute atomic E-state index is 0.511. The molecule has 0 bridgehead atoms. The van der Waals surface area contributed by atoms with E-state index in [1.54, 1.807) is 0 Å². The van der Waals surface area contributed by atoms with E-state index in [-0.39, 0.29) is 0 Å². The summed E-state index contributed by atoms with van der Waals surface area (Å²) in [5.41, 5.74) is 17.1. The zero-order valence-electron chi connectivity index (χ0n) is 34.0. The molecule has 0 aliphatic heterocycles. The summed E-state index contributed by atoms with van der Waals surface area (Å²) in [7, 11) is 0. The van der Waals surface area contributed by atoms with Gasteiger partial charge in [-0.15, -0.1) is 0 Å². The predicted molar refractivity (Wildman–Crippen MR) is 246 cm³/mol. The predicted octanol–water partition coefficient (Wildman–Crippen LogP) is 13.8. The van der Waals surface area contributed by atoms with Gasteiger partial charge in [0.05, 0.1) is 44.5 Å². The molecule has 0 saturated heterocycles. The largest absolute Gasteiger partial charge is 0.306 e. The highest BCUT2D eigenvalue weighted by Gasteiger charge is 2.31. The number of rotatable bonds is 4. The van der Waals surface area contributed by atoms with Gasteiger partial charge in [-0.2, -0.15) is 5.26 Å². The molecular weight excluding hydrogens is 719 g/mol. The van der Waals surface area contributed by atoms with Crippen molar-refractivity contribution in [1.29, 1.82) is 5.26 Å². The summed E-state index contributed by atoms with van der Waals surface area (Å²) in [5.74, 6) is 0.750. The van der Waals surface area contributed by atoms with Gasteiger partial charge in [-0.05, 0) is 114 Å². The molecule has 0 saturated carbocycles. The highest BCUT2D eigenvalue weighted by molar-refractivity contribution is 6.14. The van der Waals surface area contributed by atoms with Crippen LogP contribution >= 0.6 is 0 Å². The molecule has 0 spiro atoms. The van der Waals surface area contributed by atoms with E-state index in [0.717, 1.165) is 77.4 Å². The Balaban J connectivity index is 1.47. The number of aromatic nitrogens is 4. The Morgan fingerprint density at radius 3 is 1.05 bits per heavy atom. The van der Waals surface area contributed by atoms with Gasteiger partial charge in [0.15, 0.2) is 5.82 Å². The fourth-order valence-electron chi connectivity index (χ4n) is 9.50. The molecule has 0 radical (unpaired) electrons. The van der Waals surface area contributed by atoms with E-state index in [0.29, 0.717) is 11.3 Å². The van der Waals surface area contributed by atoms with Crippen molar-refractivity contribution in [2.75, 3.05) is 0 Å². The van der Waals surface area contributed by atoms with Crippen LogP contribution in [0.2, 0.25) is 0 Å². The molecule has 59 heavy (non-hydrogen) atoms. The molecule has 5 heteroatoms. The van der Waals surface area contributed by atoms with Crippen molar-refractivity contribution in [2.45, 2.75) is 41.5 Å². The monoisotopic (exact) mass is 759 g/mol. The van der Waals surface area contributed by atoms with E-state index in [9.17, 15) is 5.26 Å². The first kappa shape index (κ1) is 34.8. The lowest BCUT2D eigenvalue weighted by atomic mass is 10.0. The SMILES string of the molecule is Cc1ccc2c(c1)c1cc(C)ccc1n2-c1nc(-c2ccccc2)c(C#N)c(-n2c3ccc(C)cc3c3cc(C)ccc32)c1-n1c2ccc(C)cc2c2cc(C)ccc21. The molecule has 7 aromatic carbocycles. The Bertz CT molecular complexity index is 3450. The van der Waals surface area contributed by atoms with Gasteiger partial charge in [0.1, 0.15) is 17.3 Å². The summed E-state index contributed by atoms with van der Waals surface area (Å²) >= 11 is 0. The number of nitrogens with zero attached hydrogens (tertiary/aromatic N) is 5. The molecule has 0 amide bonds. The van der Waals surface area contributed by atoms with Gasteiger partial charge in [0, 0.05) is 37.9 Å². The quantitative estimate of drug-likeness (QED) is 0.179. The molecule has 0 unspecified atom stereocenters. The van der Waals surface area contributed by atoms with Gasteiger partial charge in [0.25, 0.3) is 0 Å². The summed E-state index contributed by atoms with van der Waals surface area (Å²) in [6.45, 7) is 12.9. The Kier molecular flexibility index (Phi) is 7.55. The molecule has 0 N–H and O–H groups in total. The second-order valence-electron chi connectivity index (χ2n) is 16.5. The normalized spacial score (nSPS) is 11.9. The van der Waals surface area contributed by atoms with Crippen molar-refractivity contribution in [2.24, 2.45) is 0 Å². The van der Waals surface area contributed by atoms with Crippen molar-refractivity contribution in [3.8, 4) is 34.5 Å². The Hall–Kier alpha value is -7.42. The third-order valence-corrected chi connectivity index (χ3v) is 12.2. The fourth-order valence-corrected chi connectivity index (χ4v) is 9.50. The van der Waals surface area contributed by atoms with Gasteiger partial charge >= 0.3 is 0 Å². The first-order chi connectivity index (χ1) is 28.7. The molecule has 4 aromatic heterocycles. The third-order valence-electron chi connectivity index (χ3n) is 12.2. The van der Waals surface area contributed by atoms with Crippen LogP contribution < -0.4 is 0 Å². The van der Waals surface area contributed by atoms with E-state index in [2.05, 4.69) is 183 Å². The van der Waals surface area contributed by atoms with Crippen LogP contribution in [0.25, 0.3) is 93.9 Å². The average Bonchev–Trinajstić information content (AvgIpc) is 3.84. The maximum atomic E-state index is 11.7. The Labute approximate surface area is 342 Å². The summed E-state index contributed by atoms with van der Waals surface area (Å²) in [6, 6.07) is 53.2. The minimum atomic E-state index is 0.511. The highest BCUT2D eigenvalue weighted by Crippen LogP contribution is 2.46. The molecule has 0 aliphatic rings. The molecule has 11 aromatic rings. The third kappa shape index (κ3) is 5.13. The van der Waals surface area contributed by atoms with Crippen LogP contribution in [0.15, 0.2) is 140 Å². The number of hydrogen-bond acceptors (Lipinski definition) is 2. The van der Waals surface area contributed by atoms with E-state index < -0.39 is 0 Å². The van der Waals surface area contributed by atoms with E-state index in [4.69, 9.17) is 4.98 Å². The maximum Gasteiger partial charge on any atom is 0.165 e. The first-order valence-corrected chi connectivity index (χ1v) is 20.3. The van der Waals surface area contributed by atoms with Crippen LogP contribution in [-0.4, -0.2) is 18.7 Å². The van der Waals surface area contributed by atoms with Crippen molar-refractivity contribution < 1.29 is 0 Å². The second-order valence-corrected chi connectivity index (χ2v) is 16.5. The number of pyridine rings is 1. The number of benzene rings is 7. The Morgan fingerprint density at radius 1 is 0.390 bits per heavy atom. The van der Waals surface area contributed by atoms with Crippen LogP contribution in [0, 0.1) is 52.9 Å². The van der Waals surface area contributed by atoms with E-state index >= 15 is 0 Å². The van der Waals surface area contributed by atoms with Crippen LogP contribution in [0.3, 0.4) is 0 Å². The average molecular weight is 760 g/mol. The van der Waals surface area contributed by atoms with Gasteiger partial charge in [-0.1, -0.05) is 100 Å². The summed E-state index contributed by atoms with van der Waals surface area (Å²) < 4.78 is 7.08. The first-order valence-electron chi connectivity index (χ1n) is 20.3. The van der Waals surface area contributed by atoms with Crippen LogP contribution in [0.5, 0.6) is 0 Å². The van der Waals surface area contributed by atoms with Crippen molar-refractivity contribution >= 4 is 65.4 Å². The van der Waals surface area contributed by atoms with Gasteiger partial charge in [-0.25, -0.2) is 4.98 Å². The number of fused-ring (bicyclic) bond motifs is 9. The van der Waals surface area contributed by atoms with Crippen molar-refractivity contribution in [3.05, 3.63) is 178 Å². The lowest BCUT2D eigenvalue weighted by Crippen LogP contribution is -2.14. The molecular formula is C54H41N5. The van der Waals surface area contributed by atoms with Gasteiger partial charge in [0.2, 0.25) is 0 Å². The van der Waals surface area contributed by atoms with Crippen molar-refractivity contribution in [3.63, 3.8) is 0 Å². The Morgan fingerprint density at radius 2 is 0.712 bits per heavy atom. The lowest BCUT2D eigenvalue weighted by Gasteiger charge is -2.24. The molecule has 282 valence electrons. The van der Waals surface area contributed by atoms with Gasteiger partial charge in [-0.3, -0.25) is 4.57 Å². The summed E-state index contributed by atoms with van der Waals surface area (Å²) in [6.07, 6.45) is 0. The number of aryl methyl sites for hydroxylation is 6. The zero-order valence-corrected chi connectivity index (χ0v) is 34.0. The maximum absolute atomic E-state index is 11.7. The highest BCUT2D eigenvalue weighted by atomic mass is 15.2. The number of nitriles is 1. The molecule has 0 aliphatic carbocycles. The number of hydrogen-bond donors (Lipinski definition) is 0.